The molecule has 0 bridgehead atoms. The molecule has 0 spiro atoms. The number of hydrogen-bond donors (Lipinski definition) is 1. The van der Waals surface area contributed by atoms with E-state index in [0.29, 0.717) is 30.3 Å². The summed E-state index contributed by atoms with van der Waals surface area (Å²) in [4.78, 5) is 4.42. The quantitative estimate of drug-likeness (QED) is 0.917. The molecule has 5 nitrogen and oxygen atoms in total. The van der Waals surface area contributed by atoms with Crippen molar-refractivity contribution >= 4 is 15.8 Å². The molecule has 19 heavy (non-hydrogen) atoms. The molecule has 1 fully saturated rings. The molecule has 0 aromatic carbocycles. The van der Waals surface area contributed by atoms with E-state index in [1.54, 1.807) is 16.4 Å². The molecule has 1 aromatic rings. The van der Waals surface area contributed by atoms with Crippen molar-refractivity contribution in [1.29, 1.82) is 0 Å². The first-order valence-corrected chi connectivity index (χ1v) is 7.99. The van der Waals surface area contributed by atoms with Gasteiger partial charge in [0.1, 0.15) is 5.82 Å². The molecule has 6 heteroatoms. The standard InChI is InChI=1S/C13H21N3O2S/c1-4-14-12-9-11(5-7-15-12)19(17,18)16-8-6-13(2,3)10-16/h5,7,9H,4,6,8,10H2,1-3H3,(H,14,15). The predicted octanol–water partition coefficient (Wildman–Crippen LogP) is 1.93. The normalized spacial score (nSPS) is 19.5. The zero-order valence-electron chi connectivity index (χ0n) is 11.7. The second-order valence-corrected chi connectivity index (χ2v) is 7.60. The summed E-state index contributed by atoms with van der Waals surface area (Å²) in [7, 11) is -3.40. The average Bonchev–Trinajstić information content (AvgIpc) is 2.71. The lowest BCUT2D eigenvalue weighted by molar-refractivity contribution is 0.375. The van der Waals surface area contributed by atoms with Gasteiger partial charge in [0.15, 0.2) is 0 Å². The van der Waals surface area contributed by atoms with Crippen LogP contribution in [0, 0.1) is 5.41 Å². The lowest BCUT2D eigenvalue weighted by Gasteiger charge is -2.19. The van der Waals surface area contributed by atoms with E-state index >= 15 is 0 Å². The molecule has 2 heterocycles. The van der Waals surface area contributed by atoms with Crippen LogP contribution < -0.4 is 5.32 Å². The molecule has 0 saturated carbocycles. The first kappa shape index (κ1) is 14.3. The van der Waals surface area contributed by atoms with E-state index in [-0.39, 0.29) is 5.41 Å². The van der Waals surface area contributed by atoms with Crippen molar-refractivity contribution in [3.8, 4) is 0 Å². The number of hydrogen-bond acceptors (Lipinski definition) is 4. The third-order valence-corrected chi connectivity index (χ3v) is 5.21. The van der Waals surface area contributed by atoms with Crippen LogP contribution in [-0.2, 0) is 10.0 Å². The Bertz CT molecular complexity index is 555. The van der Waals surface area contributed by atoms with E-state index in [4.69, 9.17) is 0 Å². The highest BCUT2D eigenvalue weighted by atomic mass is 32.2. The zero-order valence-corrected chi connectivity index (χ0v) is 12.5. The van der Waals surface area contributed by atoms with E-state index in [2.05, 4.69) is 24.1 Å². The van der Waals surface area contributed by atoms with Gasteiger partial charge in [-0.25, -0.2) is 13.4 Å². The highest BCUT2D eigenvalue weighted by molar-refractivity contribution is 7.89. The number of pyridine rings is 1. The van der Waals surface area contributed by atoms with Crippen LogP contribution >= 0.6 is 0 Å². The van der Waals surface area contributed by atoms with Gasteiger partial charge in [0.05, 0.1) is 4.90 Å². The van der Waals surface area contributed by atoms with Gasteiger partial charge in [0.2, 0.25) is 10.0 Å². The summed E-state index contributed by atoms with van der Waals surface area (Å²) < 4.78 is 26.7. The number of anilines is 1. The molecular formula is C13H21N3O2S. The monoisotopic (exact) mass is 283 g/mol. The summed E-state index contributed by atoms with van der Waals surface area (Å²) in [6.07, 6.45) is 2.43. The van der Waals surface area contributed by atoms with Crippen LogP contribution in [0.25, 0.3) is 0 Å². The van der Waals surface area contributed by atoms with E-state index in [9.17, 15) is 8.42 Å². The molecule has 2 rings (SSSR count). The van der Waals surface area contributed by atoms with Gasteiger partial charge in [0.25, 0.3) is 0 Å². The Morgan fingerprint density at radius 2 is 2.21 bits per heavy atom. The predicted molar refractivity (Wildman–Crippen MR) is 75.6 cm³/mol. The van der Waals surface area contributed by atoms with Crippen LogP contribution in [0.1, 0.15) is 27.2 Å². The maximum Gasteiger partial charge on any atom is 0.243 e. The largest absolute Gasteiger partial charge is 0.370 e. The molecule has 0 atom stereocenters. The van der Waals surface area contributed by atoms with Gasteiger partial charge in [0, 0.05) is 31.9 Å². The number of sulfonamides is 1. The molecule has 1 saturated heterocycles. The molecule has 0 amide bonds. The molecule has 106 valence electrons. The molecule has 1 aromatic heterocycles. The molecule has 0 unspecified atom stereocenters. The first-order chi connectivity index (χ1) is 8.85. The Labute approximate surface area is 115 Å². The van der Waals surface area contributed by atoms with E-state index in [1.165, 1.54) is 6.20 Å². The number of aromatic nitrogens is 1. The number of rotatable bonds is 4. The van der Waals surface area contributed by atoms with Gasteiger partial charge in [-0.1, -0.05) is 13.8 Å². The SMILES string of the molecule is CCNc1cc(S(=O)(=O)N2CCC(C)(C)C2)ccn1. The fraction of sp³-hybridized carbons (Fsp3) is 0.615. The first-order valence-electron chi connectivity index (χ1n) is 6.55. The van der Waals surface area contributed by atoms with Crippen molar-refractivity contribution in [3.05, 3.63) is 18.3 Å². The second-order valence-electron chi connectivity index (χ2n) is 5.66. The van der Waals surface area contributed by atoms with Crippen LogP contribution in [0.15, 0.2) is 23.2 Å². The molecule has 1 N–H and O–H groups in total. The van der Waals surface area contributed by atoms with Gasteiger partial charge in [-0.05, 0) is 24.8 Å². The van der Waals surface area contributed by atoms with Gasteiger partial charge >= 0.3 is 0 Å². The molecular weight excluding hydrogens is 262 g/mol. The molecule has 1 aliphatic rings. The fourth-order valence-electron chi connectivity index (χ4n) is 2.27. The van der Waals surface area contributed by atoms with Crippen molar-refractivity contribution in [1.82, 2.24) is 9.29 Å². The summed E-state index contributed by atoms with van der Waals surface area (Å²) in [5.41, 5.74) is 0.0601. The van der Waals surface area contributed by atoms with E-state index < -0.39 is 10.0 Å². The number of nitrogens with one attached hydrogen (secondary N) is 1. The smallest absolute Gasteiger partial charge is 0.243 e. The van der Waals surface area contributed by atoms with Gasteiger partial charge in [-0.15, -0.1) is 0 Å². The Hall–Kier alpha value is -1.14. The zero-order chi connectivity index (χ0) is 14.1. The Balaban J connectivity index is 2.27. The summed E-state index contributed by atoms with van der Waals surface area (Å²) in [5, 5.41) is 3.03. The van der Waals surface area contributed by atoms with Crippen LogP contribution in [0.2, 0.25) is 0 Å². The third-order valence-electron chi connectivity index (χ3n) is 3.37. The van der Waals surface area contributed by atoms with Gasteiger partial charge in [-0.3, -0.25) is 0 Å². The average molecular weight is 283 g/mol. The second kappa shape index (κ2) is 5.09. The summed E-state index contributed by atoms with van der Waals surface area (Å²) in [6, 6.07) is 3.16. The van der Waals surface area contributed by atoms with Crippen molar-refractivity contribution in [2.75, 3.05) is 25.0 Å². The minimum Gasteiger partial charge on any atom is -0.370 e. The lowest BCUT2D eigenvalue weighted by Crippen LogP contribution is -2.30. The minimum absolute atomic E-state index is 0.0601. The topological polar surface area (TPSA) is 62.3 Å². The summed E-state index contributed by atoms with van der Waals surface area (Å²) in [5.74, 6) is 0.599. The summed E-state index contributed by atoms with van der Waals surface area (Å²) >= 11 is 0. The van der Waals surface area contributed by atoms with Crippen LogP contribution in [-0.4, -0.2) is 37.3 Å². The Morgan fingerprint density at radius 3 is 2.79 bits per heavy atom. The van der Waals surface area contributed by atoms with Crippen molar-refractivity contribution in [2.45, 2.75) is 32.1 Å². The highest BCUT2D eigenvalue weighted by Crippen LogP contribution is 2.32. The van der Waals surface area contributed by atoms with Crippen molar-refractivity contribution < 1.29 is 8.42 Å². The van der Waals surface area contributed by atoms with E-state index in [0.717, 1.165) is 6.42 Å². The summed E-state index contributed by atoms with van der Waals surface area (Å²) in [6.45, 7) is 8.03. The maximum absolute atomic E-state index is 12.5. The lowest BCUT2D eigenvalue weighted by atomic mass is 9.93. The highest BCUT2D eigenvalue weighted by Gasteiger charge is 2.36. The van der Waals surface area contributed by atoms with E-state index in [1.807, 2.05) is 6.92 Å². The molecule has 1 aliphatic heterocycles. The third kappa shape index (κ3) is 3.06. The number of nitrogens with zero attached hydrogens (tertiary/aromatic N) is 2. The van der Waals surface area contributed by atoms with Crippen LogP contribution in [0.3, 0.4) is 0 Å². The molecule has 0 aliphatic carbocycles. The maximum atomic E-state index is 12.5. The van der Waals surface area contributed by atoms with Crippen molar-refractivity contribution in [3.63, 3.8) is 0 Å². The molecule has 0 radical (unpaired) electrons. The van der Waals surface area contributed by atoms with Crippen LogP contribution in [0.4, 0.5) is 5.82 Å². The van der Waals surface area contributed by atoms with Gasteiger partial charge < -0.3 is 5.32 Å². The minimum atomic E-state index is -3.40. The Kier molecular flexibility index (Phi) is 3.82. The van der Waals surface area contributed by atoms with Crippen molar-refractivity contribution in [2.24, 2.45) is 5.41 Å². The van der Waals surface area contributed by atoms with Crippen LogP contribution in [0.5, 0.6) is 0 Å². The fourth-order valence-corrected chi connectivity index (χ4v) is 3.91. The Morgan fingerprint density at radius 1 is 1.47 bits per heavy atom. The van der Waals surface area contributed by atoms with Gasteiger partial charge in [-0.2, -0.15) is 4.31 Å².